The van der Waals surface area contributed by atoms with Crippen molar-refractivity contribution in [3.05, 3.63) is 22.7 Å². The Morgan fingerprint density at radius 1 is 1.36 bits per heavy atom. The van der Waals surface area contributed by atoms with Crippen LogP contribution in [-0.4, -0.2) is 45.7 Å². The third-order valence-electron chi connectivity index (χ3n) is 4.42. The Hall–Kier alpha value is -2.13. The molecule has 2 N–H and O–H groups in total. The van der Waals surface area contributed by atoms with Gasteiger partial charge in [0.05, 0.1) is 17.7 Å². The summed E-state index contributed by atoms with van der Waals surface area (Å²) in [6, 6.07) is 1.46. The van der Waals surface area contributed by atoms with E-state index in [0.29, 0.717) is 0 Å². The van der Waals surface area contributed by atoms with Gasteiger partial charge < -0.3 is 19.9 Å². The Morgan fingerprint density at radius 3 is 2.54 bits per heavy atom. The molecule has 0 saturated carbocycles. The summed E-state index contributed by atoms with van der Waals surface area (Å²) >= 11 is 6.17. The monoisotopic (exact) mass is 415 g/mol. The maximum absolute atomic E-state index is 12.2. The van der Waals surface area contributed by atoms with Gasteiger partial charge in [-0.1, -0.05) is 27.7 Å². The van der Waals surface area contributed by atoms with Crippen LogP contribution in [0.5, 0.6) is 0 Å². The van der Waals surface area contributed by atoms with E-state index in [1.54, 1.807) is 27.7 Å². The molecule has 1 fully saturated rings. The fraction of sp³-hybridized carbons (Fsp3) is 0.667. The van der Waals surface area contributed by atoms with E-state index in [4.69, 9.17) is 31.5 Å². The lowest BCUT2D eigenvalue weighted by Gasteiger charge is -2.32. The van der Waals surface area contributed by atoms with E-state index in [2.05, 4.69) is 4.98 Å². The minimum Gasteiger partial charge on any atom is -0.462 e. The first-order valence-electron chi connectivity index (χ1n) is 9.05. The summed E-state index contributed by atoms with van der Waals surface area (Å²) in [6.07, 6.45) is -0.0202. The second-order valence-electron chi connectivity index (χ2n) is 7.39. The minimum atomic E-state index is -1.29. The molecular formula is C18H26ClN3O6. The van der Waals surface area contributed by atoms with Gasteiger partial charge in [0.15, 0.2) is 5.60 Å². The average molecular weight is 416 g/mol. The largest absolute Gasteiger partial charge is 0.462 e. The Bertz CT molecular complexity index is 781. The van der Waals surface area contributed by atoms with Crippen molar-refractivity contribution in [2.24, 2.45) is 11.8 Å². The highest BCUT2D eigenvalue weighted by Crippen LogP contribution is 2.40. The van der Waals surface area contributed by atoms with E-state index in [1.807, 2.05) is 0 Å². The van der Waals surface area contributed by atoms with Crippen molar-refractivity contribution in [3.63, 3.8) is 0 Å². The molecule has 0 amide bonds. The van der Waals surface area contributed by atoms with Crippen molar-refractivity contribution in [3.8, 4) is 0 Å². The number of hydrogen-bond acceptors (Lipinski definition) is 8. The van der Waals surface area contributed by atoms with Gasteiger partial charge in [-0.25, -0.2) is 4.79 Å². The van der Waals surface area contributed by atoms with E-state index in [1.165, 1.54) is 16.8 Å². The molecule has 1 aliphatic heterocycles. The van der Waals surface area contributed by atoms with E-state index < -0.39 is 35.6 Å². The maximum atomic E-state index is 12.2. The van der Waals surface area contributed by atoms with Gasteiger partial charge in [0.1, 0.15) is 24.8 Å². The number of halogens is 1. The van der Waals surface area contributed by atoms with Crippen LogP contribution < -0.4 is 11.4 Å². The van der Waals surface area contributed by atoms with Crippen molar-refractivity contribution < 1.29 is 23.8 Å². The van der Waals surface area contributed by atoms with Gasteiger partial charge in [0, 0.05) is 12.6 Å². The molecule has 1 aliphatic rings. The second kappa shape index (κ2) is 8.91. The van der Waals surface area contributed by atoms with E-state index in [0.717, 1.165) is 0 Å². The van der Waals surface area contributed by atoms with E-state index in [9.17, 15) is 14.4 Å². The molecule has 0 spiro atoms. The number of nitrogens with zero attached hydrogens (tertiary/aromatic N) is 2. The maximum Gasteiger partial charge on any atom is 0.351 e. The minimum absolute atomic E-state index is 0.0801. The summed E-state index contributed by atoms with van der Waals surface area (Å²) < 4.78 is 18.2. The van der Waals surface area contributed by atoms with Crippen LogP contribution in [0.2, 0.25) is 0 Å². The number of carbonyl (C=O) groups excluding carboxylic acids is 2. The molecule has 2 rings (SSSR count). The van der Waals surface area contributed by atoms with E-state index >= 15 is 0 Å². The summed E-state index contributed by atoms with van der Waals surface area (Å²) in [5.41, 5.74) is 3.63. The summed E-state index contributed by atoms with van der Waals surface area (Å²) in [6.45, 7) is 6.58. The van der Waals surface area contributed by atoms with Crippen LogP contribution in [0.3, 0.4) is 0 Å². The number of ether oxygens (including phenoxy) is 3. The molecule has 9 nitrogen and oxygen atoms in total. The first-order chi connectivity index (χ1) is 13.1. The SMILES string of the molecule is CC(C)C(=O)OC[C@@]1(CCl)O[C@@H](n2ccc(N)nc2=O)C[C@@H]1OC(=O)C(C)C. The van der Waals surface area contributed by atoms with Crippen molar-refractivity contribution in [2.45, 2.75) is 52.0 Å². The fourth-order valence-electron chi connectivity index (χ4n) is 2.68. The Morgan fingerprint density at radius 2 is 2.00 bits per heavy atom. The standard InChI is InChI=1S/C18H26ClN3O6/c1-10(2)15(23)26-9-18(8-19)12(27-16(24)11(3)4)7-14(28-18)22-6-5-13(20)21-17(22)25/h5-6,10-12,14H,7-9H2,1-4H3,(H2,20,21,25)/t12-,14+,18+/m0/s1. The van der Waals surface area contributed by atoms with Crippen LogP contribution in [0.4, 0.5) is 5.82 Å². The lowest BCUT2D eigenvalue weighted by molar-refractivity contribution is -0.176. The number of nitrogens with two attached hydrogens (primary N) is 1. The van der Waals surface area contributed by atoms with Gasteiger partial charge in [0.2, 0.25) is 0 Å². The van der Waals surface area contributed by atoms with Crippen LogP contribution in [0.1, 0.15) is 40.3 Å². The number of nitrogen functional groups attached to an aromatic ring is 1. The molecule has 0 bridgehead atoms. The number of esters is 2. The third-order valence-corrected chi connectivity index (χ3v) is 4.87. The van der Waals surface area contributed by atoms with Crippen molar-refractivity contribution in [2.75, 3.05) is 18.2 Å². The predicted octanol–water partition coefficient (Wildman–Crippen LogP) is 1.49. The average Bonchev–Trinajstić information content (AvgIpc) is 2.97. The Balaban J connectivity index is 2.32. The van der Waals surface area contributed by atoms with Crippen molar-refractivity contribution in [1.82, 2.24) is 9.55 Å². The quantitative estimate of drug-likeness (QED) is 0.524. The normalized spacial score (nSPS) is 24.5. The lowest BCUT2D eigenvalue weighted by Crippen LogP contribution is -2.49. The summed E-state index contributed by atoms with van der Waals surface area (Å²) in [4.78, 5) is 40.0. The molecule has 1 aromatic rings. The van der Waals surface area contributed by atoms with Gasteiger partial charge in [0.25, 0.3) is 0 Å². The van der Waals surface area contributed by atoms with Crippen molar-refractivity contribution >= 4 is 29.4 Å². The molecule has 156 valence electrons. The lowest BCUT2D eigenvalue weighted by atomic mass is 9.99. The molecule has 3 atom stereocenters. The van der Waals surface area contributed by atoms with Gasteiger partial charge >= 0.3 is 17.6 Å². The van der Waals surface area contributed by atoms with Crippen molar-refractivity contribution in [1.29, 1.82) is 0 Å². The highest BCUT2D eigenvalue weighted by molar-refractivity contribution is 6.18. The topological polar surface area (TPSA) is 123 Å². The zero-order chi connectivity index (χ0) is 21.1. The van der Waals surface area contributed by atoms with Gasteiger partial charge in [-0.2, -0.15) is 4.98 Å². The molecule has 0 aromatic carbocycles. The molecule has 0 unspecified atom stereocenters. The first kappa shape index (κ1) is 22.2. The number of rotatable bonds is 7. The molecule has 0 radical (unpaired) electrons. The second-order valence-corrected chi connectivity index (χ2v) is 7.66. The molecule has 28 heavy (non-hydrogen) atoms. The van der Waals surface area contributed by atoms with Crippen LogP contribution in [0, 0.1) is 11.8 Å². The molecular weight excluding hydrogens is 390 g/mol. The smallest absolute Gasteiger partial charge is 0.351 e. The molecule has 0 aliphatic carbocycles. The number of anilines is 1. The molecule has 1 aromatic heterocycles. The Kier molecular flexibility index (Phi) is 7.06. The zero-order valence-corrected chi connectivity index (χ0v) is 17.1. The fourth-order valence-corrected chi connectivity index (χ4v) is 3.00. The highest BCUT2D eigenvalue weighted by Gasteiger charge is 2.53. The van der Waals surface area contributed by atoms with E-state index in [-0.39, 0.29) is 36.6 Å². The number of carbonyl (C=O) groups is 2. The van der Waals surface area contributed by atoms with Gasteiger partial charge in [-0.05, 0) is 6.07 Å². The highest BCUT2D eigenvalue weighted by atomic mass is 35.5. The molecule has 10 heteroatoms. The predicted molar refractivity (Wildman–Crippen MR) is 102 cm³/mol. The van der Waals surface area contributed by atoms with Crippen LogP contribution in [0.25, 0.3) is 0 Å². The summed E-state index contributed by atoms with van der Waals surface area (Å²) in [5.74, 6) is -1.62. The number of aromatic nitrogens is 2. The number of alkyl halides is 1. The Labute approximate surface area is 168 Å². The summed E-state index contributed by atoms with van der Waals surface area (Å²) in [7, 11) is 0. The summed E-state index contributed by atoms with van der Waals surface area (Å²) in [5, 5.41) is 0. The van der Waals surface area contributed by atoms with Crippen LogP contribution >= 0.6 is 11.6 Å². The van der Waals surface area contributed by atoms with Crippen LogP contribution in [-0.2, 0) is 23.8 Å². The molecule has 1 saturated heterocycles. The van der Waals surface area contributed by atoms with Gasteiger partial charge in [-0.15, -0.1) is 11.6 Å². The number of hydrogen-bond donors (Lipinski definition) is 1. The zero-order valence-electron chi connectivity index (χ0n) is 16.4. The van der Waals surface area contributed by atoms with Crippen LogP contribution in [0.15, 0.2) is 17.1 Å². The molecule has 2 heterocycles. The van der Waals surface area contributed by atoms with Gasteiger partial charge in [-0.3, -0.25) is 14.2 Å². The third kappa shape index (κ3) is 4.82. The first-order valence-corrected chi connectivity index (χ1v) is 9.58.